The topological polar surface area (TPSA) is 145 Å². The quantitative estimate of drug-likeness (QED) is 0.208. The Bertz CT molecular complexity index is 1380. The van der Waals surface area contributed by atoms with Crippen molar-refractivity contribution in [1.29, 1.82) is 0 Å². The molecule has 1 aliphatic rings. The average molecular weight is 509 g/mol. The Morgan fingerprint density at radius 3 is 2.31 bits per heavy atom. The highest BCUT2D eigenvalue weighted by molar-refractivity contribution is 7.16. The van der Waals surface area contributed by atoms with Crippen LogP contribution in [0.3, 0.4) is 0 Å². The maximum Gasteiger partial charge on any atom is 0.341 e. The molecule has 0 aliphatic carbocycles. The summed E-state index contributed by atoms with van der Waals surface area (Å²) in [5, 5.41) is 14.0. The van der Waals surface area contributed by atoms with E-state index >= 15 is 0 Å². The second-order valence-corrected chi connectivity index (χ2v) is 8.65. The molecule has 0 radical (unpaired) electrons. The van der Waals surface area contributed by atoms with Gasteiger partial charge in [0.25, 0.3) is 23.4 Å². The van der Waals surface area contributed by atoms with Crippen molar-refractivity contribution >= 4 is 45.7 Å². The van der Waals surface area contributed by atoms with Gasteiger partial charge in [0.1, 0.15) is 16.3 Å². The highest BCUT2D eigenvalue weighted by atomic mass is 32.1. The van der Waals surface area contributed by atoms with Gasteiger partial charge < -0.3 is 14.8 Å². The molecule has 0 spiro atoms. The number of hydrogen-bond acceptors (Lipinski definition) is 9. The molecule has 2 heterocycles. The first-order valence-electron chi connectivity index (χ1n) is 10.6. The Morgan fingerprint density at radius 2 is 1.72 bits per heavy atom. The fraction of sp³-hybridized carbons (Fsp3) is 0.167. The van der Waals surface area contributed by atoms with Crippen molar-refractivity contribution in [3.05, 3.63) is 85.8 Å². The standard InChI is InChI=1S/C24H19N3O8S/c1-3-35-24(31)18-11-14(12-26-22(29)15-6-4-5-7-16(15)23(26)30)36-21(18)25-20(28)17-10-13(34-2)8-9-19(17)27(32)33/h4-11H,3,12H2,1-2H3,(H,25,28). The van der Waals surface area contributed by atoms with Crippen LogP contribution in [0.2, 0.25) is 0 Å². The van der Waals surface area contributed by atoms with Crippen molar-refractivity contribution in [3.63, 3.8) is 0 Å². The summed E-state index contributed by atoms with van der Waals surface area (Å²) in [6.07, 6.45) is 0. The fourth-order valence-electron chi connectivity index (χ4n) is 3.67. The molecule has 0 saturated carbocycles. The van der Waals surface area contributed by atoms with Gasteiger partial charge in [0.15, 0.2) is 0 Å². The van der Waals surface area contributed by atoms with Gasteiger partial charge in [-0.2, -0.15) is 0 Å². The first-order chi connectivity index (χ1) is 17.2. The maximum atomic E-state index is 13.0. The second-order valence-electron chi connectivity index (χ2n) is 7.51. The van der Waals surface area contributed by atoms with E-state index in [-0.39, 0.29) is 46.2 Å². The van der Waals surface area contributed by atoms with E-state index in [9.17, 15) is 29.3 Å². The van der Waals surface area contributed by atoms with Crippen LogP contribution in [0, 0.1) is 10.1 Å². The minimum atomic E-state index is -0.847. The smallest absolute Gasteiger partial charge is 0.341 e. The normalized spacial score (nSPS) is 12.3. The number of esters is 1. The Hall–Kier alpha value is -4.58. The molecular formula is C24H19N3O8S. The zero-order chi connectivity index (χ0) is 26.0. The van der Waals surface area contributed by atoms with Crippen LogP contribution in [0.15, 0.2) is 48.5 Å². The first kappa shape index (κ1) is 24.5. The molecule has 0 saturated heterocycles. The minimum absolute atomic E-state index is 0.00708. The Labute approximate surface area is 208 Å². The van der Waals surface area contributed by atoms with Crippen molar-refractivity contribution in [2.45, 2.75) is 13.5 Å². The monoisotopic (exact) mass is 509 g/mol. The van der Waals surface area contributed by atoms with E-state index in [0.29, 0.717) is 4.88 Å². The number of imide groups is 1. The number of rotatable bonds is 8. The minimum Gasteiger partial charge on any atom is -0.497 e. The van der Waals surface area contributed by atoms with Gasteiger partial charge in [-0.05, 0) is 37.3 Å². The molecule has 0 bridgehead atoms. The molecule has 184 valence electrons. The summed E-state index contributed by atoms with van der Waals surface area (Å²) in [5.41, 5.74) is -0.169. The number of nitrogens with zero attached hydrogens (tertiary/aromatic N) is 2. The van der Waals surface area contributed by atoms with E-state index < -0.39 is 34.3 Å². The van der Waals surface area contributed by atoms with Crippen LogP contribution in [0.5, 0.6) is 5.75 Å². The van der Waals surface area contributed by atoms with Crippen LogP contribution < -0.4 is 10.1 Å². The van der Waals surface area contributed by atoms with Gasteiger partial charge in [0.2, 0.25) is 0 Å². The highest BCUT2D eigenvalue weighted by Gasteiger charge is 2.36. The number of fused-ring (bicyclic) bond motifs is 1. The van der Waals surface area contributed by atoms with Crippen molar-refractivity contribution < 1.29 is 33.6 Å². The predicted octanol–water partition coefficient (Wildman–Crippen LogP) is 3.89. The van der Waals surface area contributed by atoms with E-state index in [1.807, 2.05) is 0 Å². The maximum absolute atomic E-state index is 13.0. The van der Waals surface area contributed by atoms with Crippen molar-refractivity contribution in [1.82, 2.24) is 4.90 Å². The number of thiophene rings is 1. The van der Waals surface area contributed by atoms with E-state index in [0.717, 1.165) is 22.3 Å². The summed E-state index contributed by atoms with van der Waals surface area (Å²) < 4.78 is 10.1. The lowest BCUT2D eigenvalue weighted by molar-refractivity contribution is -0.385. The number of carbonyl (C=O) groups is 4. The molecule has 12 heteroatoms. The Morgan fingerprint density at radius 1 is 1.06 bits per heavy atom. The second kappa shape index (κ2) is 9.96. The summed E-state index contributed by atoms with van der Waals surface area (Å²) >= 11 is 0.951. The van der Waals surface area contributed by atoms with E-state index in [4.69, 9.17) is 9.47 Å². The van der Waals surface area contributed by atoms with Crippen molar-refractivity contribution in [2.24, 2.45) is 0 Å². The number of methoxy groups -OCH3 is 1. The summed E-state index contributed by atoms with van der Waals surface area (Å²) in [7, 11) is 1.35. The van der Waals surface area contributed by atoms with Crippen LogP contribution in [-0.2, 0) is 11.3 Å². The number of carbonyl (C=O) groups excluding carboxylic acids is 4. The van der Waals surface area contributed by atoms with E-state index in [1.54, 1.807) is 31.2 Å². The molecule has 0 fully saturated rings. The molecule has 3 aromatic rings. The molecule has 2 aromatic carbocycles. The number of nitrogens with one attached hydrogen (secondary N) is 1. The molecule has 11 nitrogen and oxygen atoms in total. The lowest BCUT2D eigenvalue weighted by Crippen LogP contribution is -2.28. The molecule has 1 aromatic heterocycles. The van der Waals surface area contributed by atoms with Crippen molar-refractivity contribution in [3.8, 4) is 5.75 Å². The lowest BCUT2D eigenvalue weighted by atomic mass is 10.1. The number of hydrogen-bond donors (Lipinski definition) is 1. The van der Waals surface area contributed by atoms with Gasteiger partial charge in [-0.3, -0.25) is 29.4 Å². The third-order valence-corrected chi connectivity index (χ3v) is 6.38. The van der Waals surface area contributed by atoms with E-state index in [1.165, 1.54) is 25.3 Å². The molecule has 0 atom stereocenters. The number of ether oxygens (including phenoxy) is 2. The van der Waals surface area contributed by atoms with Crippen LogP contribution in [0.1, 0.15) is 53.2 Å². The SMILES string of the molecule is CCOC(=O)c1cc(CN2C(=O)c3ccccc3C2=O)sc1NC(=O)c1cc(OC)ccc1[N+](=O)[O-]. The third kappa shape index (κ3) is 4.53. The lowest BCUT2D eigenvalue weighted by Gasteiger charge is -2.12. The van der Waals surface area contributed by atoms with E-state index in [2.05, 4.69) is 5.32 Å². The van der Waals surface area contributed by atoms with Crippen molar-refractivity contribution in [2.75, 3.05) is 19.0 Å². The van der Waals surface area contributed by atoms with Crippen LogP contribution in [0.25, 0.3) is 0 Å². The number of amides is 3. The Kier molecular flexibility index (Phi) is 6.79. The predicted molar refractivity (Wildman–Crippen MR) is 129 cm³/mol. The van der Waals surface area contributed by atoms with Gasteiger partial charge in [-0.1, -0.05) is 12.1 Å². The molecule has 1 aliphatic heterocycles. The van der Waals surface area contributed by atoms with Gasteiger partial charge in [-0.25, -0.2) is 4.79 Å². The van der Waals surface area contributed by atoms with Crippen LogP contribution in [-0.4, -0.2) is 47.2 Å². The fourth-order valence-corrected chi connectivity index (χ4v) is 4.69. The molecule has 4 rings (SSSR count). The largest absolute Gasteiger partial charge is 0.497 e. The van der Waals surface area contributed by atoms with Gasteiger partial charge in [-0.15, -0.1) is 11.3 Å². The van der Waals surface area contributed by atoms with Crippen LogP contribution in [0.4, 0.5) is 10.7 Å². The number of nitro benzene ring substituents is 1. The Balaban J connectivity index is 1.66. The first-order valence-corrected chi connectivity index (χ1v) is 11.5. The van der Waals surface area contributed by atoms with Gasteiger partial charge in [0.05, 0.1) is 41.9 Å². The summed E-state index contributed by atoms with van der Waals surface area (Å²) in [6.45, 7) is 1.54. The zero-order valence-electron chi connectivity index (χ0n) is 19.1. The van der Waals surface area contributed by atoms with Crippen LogP contribution >= 0.6 is 11.3 Å². The highest BCUT2D eigenvalue weighted by Crippen LogP contribution is 2.34. The zero-order valence-corrected chi connectivity index (χ0v) is 19.9. The number of benzene rings is 2. The van der Waals surface area contributed by atoms with Gasteiger partial charge in [0, 0.05) is 10.9 Å². The molecule has 36 heavy (non-hydrogen) atoms. The summed E-state index contributed by atoms with van der Waals surface area (Å²) in [5.74, 6) is -2.30. The van der Waals surface area contributed by atoms with Gasteiger partial charge >= 0.3 is 5.97 Å². The molecule has 3 amide bonds. The molecule has 1 N–H and O–H groups in total. The number of anilines is 1. The summed E-state index contributed by atoms with van der Waals surface area (Å²) in [6, 6.07) is 11.5. The third-order valence-electron chi connectivity index (χ3n) is 5.34. The average Bonchev–Trinajstić information content (AvgIpc) is 3.38. The molecular weight excluding hydrogens is 490 g/mol. The summed E-state index contributed by atoms with van der Waals surface area (Å²) in [4.78, 5) is 63.3. The number of nitro groups is 1. The molecule has 0 unspecified atom stereocenters.